The fourth-order valence-corrected chi connectivity index (χ4v) is 2.11. The summed E-state index contributed by atoms with van der Waals surface area (Å²) in [7, 11) is 0. The van der Waals surface area contributed by atoms with Gasteiger partial charge in [-0.3, -0.25) is 14.8 Å². The Morgan fingerprint density at radius 1 is 1.31 bits per heavy atom. The molecular formula is C9H10N2O3S2. The summed E-state index contributed by atoms with van der Waals surface area (Å²) in [5.74, 6) is -0.494. The van der Waals surface area contributed by atoms with E-state index in [1.807, 2.05) is 0 Å². The fraction of sp³-hybridized carbons (Fsp3) is 0.333. The summed E-state index contributed by atoms with van der Waals surface area (Å²) < 4.78 is 0. The van der Waals surface area contributed by atoms with Gasteiger partial charge in [-0.2, -0.15) is 0 Å². The van der Waals surface area contributed by atoms with Gasteiger partial charge in [-0.1, -0.05) is 0 Å². The highest BCUT2D eigenvalue weighted by atomic mass is 32.1. The molecule has 0 spiro atoms. The molecule has 2 aliphatic rings. The maximum Gasteiger partial charge on any atom is 0.234 e. The molecule has 0 aromatic heterocycles. The smallest absolute Gasteiger partial charge is 0.234 e. The molecule has 2 aliphatic heterocycles. The average Bonchev–Trinajstić information content (AvgIpc) is 2.57. The first-order chi connectivity index (χ1) is 7.52. The molecule has 1 N–H and O–H groups in total. The molecule has 0 aromatic rings. The number of carbonyl (C=O) groups excluding carboxylic acids is 2. The molecule has 2 amide bonds. The van der Waals surface area contributed by atoms with Crippen LogP contribution < -0.4 is 0 Å². The van der Waals surface area contributed by atoms with Crippen LogP contribution in [0.3, 0.4) is 0 Å². The number of hydrogen-bond donors (Lipinski definition) is 3. The van der Waals surface area contributed by atoms with Gasteiger partial charge in [0.05, 0.1) is 5.70 Å². The molecule has 2 rings (SSSR count). The highest BCUT2D eigenvalue weighted by molar-refractivity contribution is 7.88. The van der Waals surface area contributed by atoms with Crippen LogP contribution in [0.4, 0.5) is 0 Å². The Morgan fingerprint density at radius 3 is 2.44 bits per heavy atom. The van der Waals surface area contributed by atoms with Crippen LogP contribution in [-0.2, 0) is 9.59 Å². The Kier molecular flexibility index (Phi) is 3.00. The van der Waals surface area contributed by atoms with E-state index >= 15 is 0 Å². The standard InChI is InChI=1S/C9H10N2O3S2/c12-6-1-2-7(13)11(6)5-3-4-10(14)9(16)8(5)15/h3-4,9,14-16H,1-2H2. The lowest BCUT2D eigenvalue weighted by Gasteiger charge is -2.28. The van der Waals surface area contributed by atoms with Gasteiger partial charge in [-0.15, -0.1) is 25.3 Å². The number of nitrogens with zero attached hydrogens (tertiary/aromatic N) is 2. The van der Waals surface area contributed by atoms with Crippen LogP contribution in [-0.4, -0.2) is 32.4 Å². The van der Waals surface area contributed by atoms with E-state index in [-0.39, 0.29) is 24.7 Å². The van der Waals surface area contributed by atoms with E-state index < -0.39 is 5.37 Å². The number of carbonyl (C=O) groups is 2. The van der Waals surface area contributed by atoms with Crippen molar-refractivity contribution in [1.82, 2.24) is 9.96 Å². The van der Waals surface area contributed by atoms with Crippen LogP contribution in [0.15, 0.2) is 22.9 Å². The minimum atomic E-state index is -0.662. The fourth-order valence-electron chi connectivity index (χ4n) is 1.61. The third-order valence-electron chi connectivity index (χ3n) is 2.44. The van der Waals surface area contributed by atoms with E-state index in [1.54, 1.807) is 0 Å². The Hall–Kier alpha value is -0.920. The lowest BCUT2D eigenvalue weighted by Crippen LogP contribution is -2.34. The molecule has 0 bridgehead atoms. The Labute approximate surface area is 103 Å². The van der Waals surface area contributed by atoms with Gasteiger partial charge in [-0.25, -0.2) is 9.96 Å². The van der Waals surface area contributed by atoms with E-state index in [2.05, 4.69) is 25.3 Å². The Bertz CT molecular complexity index is 403. The second-order valence-electron chi connectivity index (χ2n) is 3.46. The van der Waals surface area contributed by atoms with E-state index in [1.165, 1.54) is 12.3 Å². The highest BCUT2D eigenvalue weighted by Crippen LogP contribution is 2.30. The van der Waals surface area contributed by atoms with Crippen LogP contribution in [0.2, 0.25) is 0 Å². The summed E-state index contributed by atoms with van der Waals surface area (Å²) in [6.07, 6.45) is 3.25. The zero-order chi connectivity index (χ0) is 11.9. The van der Waals surface area contributed by atoms with Gasteiger partial charge in [0.25, 0.3) is 0 Å². The zero-order valence-electron chi connectivity index (χ0n) is 8.20. The molecule has 1 unspecified atom stereocenters. The minimum absolute atomic E-state index is 0.220. The zero-order valence-corrected chi connectivity index (χ0v) is 9.99. The summed E-state index contributed by atoms with van der Waals surface area (Å²) in [6.45, 7) is 0. The van der Waals surface area contributed by atoms with Crippen LogP contribution in [0.1, 0.15) is 12.8 Å². The number of allylic oxidation sites excluding steroid dienone is 1. The molecule has 86 valence electrons. The van der Waals surface area contributed by atoms with E-state index in [0.717, 1.165) is 9.96 Å². The van der Waals surface area contributed by atoms with Gasteiger partial charge in [0.1, 0.15) is 5.37 Å². The number of rotatable bonds is 1. The van der Waals surface area contributed by atoms with Crippen LogP contribution >= 0.6 is 25.3 Å². The van der Waals surface area contributed by atoms with Crippen molar-refractivity contribution in [1.29, 1.82) is 0 Å². The molecular weight excluding hydrogens is 248 g/mol. The summed E-state index contributed by atoms with van der Waals surface area (Å²) >= 11 is 8.27. The van der Waals surface area contributed by atoms with Crippen LogP contribution in [0.25, 0.3) is 0 Å². The highest BCUT2D eigenvalue weighted by Gasteiger charge is 2.34. The van der Waals surface area contributed by atoms with Crippen LogP contribution in [0, 0.1) is 0 Å². The lowest BCUT2D eigenvalue weighted by atomic mass is 10.2. The average molecular weight is 258 g/mol. The van der Waals surface area contributed by atoms with Gasteiger partial charge >= 0.3 is 0 Å². The number of hydroxylamine groups is 2. The SMILES string of the molecule is O=C1CCC(=O)N1C1=C(S)C(S)N(O)C=C1. The second kappa shape index (κ2) is 4.15. The molecule has 1 saturated heterocycles. The number of imide groups is 1. The predicted molar refractivity (Wildman–Crippen MR) is 62.6 cm³/mol. The molecule has 16 heavy (non-hydrogen) atoms. The van der Waals surface area contributed by atoms with Crippen molar-refractivity contribution in [2.24, 2.45) is 0 Å². The summed E-state index contributed by atoms with van der Waals surface area (Å²) in [5, 5.41) is 9.52. The van der Waals surface area contributed by atoms with Crippen molar-refractivity contribution in [2.45, 2.75) is 18.2 Å². The third kappa shape index (κ3) is 1.74. The maximum absolute atomic E-state index is 11.5. The predicted octanol–water partition coefficient (Wildman–Crippen LogP) is 0.751. The van der Waals surface area contributed by atoms with Crippen LogP contribution in [0.5, 0.6) is 0 Å². The topological polar surface area (TPSA) is 60.9 Å². The normalized spacial score (nSPS) is 26.1. The molecule has 1 fully saturated rings. The van der Waals surface area contributed by atoms with E-state index in [9.17, 15) is 14.8 Å². The number of thiol groups is 2. The van der Waals surface area contributed by atoms with Gasteiger partial charge in [0.2, 0.25) is 11.8 Å². The minimum Gasteiger partial charge on any atom is -0.288 e. The summed E-state index contributed by atoms with van der Waals surface area (Å²) in [5.41, 5.74) is 0.390. The lowest BCUT2D eigenvalue weighted by molar-refractivity contribution is -0.135. The van der Waals surface area contributed by atoms with Gasteiger partial charge in [0.15, 0.2) is 0 Å². The second-order valence-corrected chi connectivity index (χ2v) is 4.43. The van der Waals surface area contributed by atoms with Crippen molar-refractivity contribution in [3.8, 4) is 0 Å². The Balaban J connectivity index is 2.37. The first kappa shape index (κ1) is 11.6. The van der Waals surface area contributed by atoms with E-state index in [0.29, 0.717) is 10.6 Å². The number of hydrogen-bond acceptors (Lipinski definition) is 6. The van der Waals surface area contributed by atoms with Gasteiger partial charge in [0, 0.05) is 23.9 Å². The Morgan fingerprint density at radius 2 is 1.88 bits per heavy atom. The molecule has 1 atom stereocenters. The van der Waals surface area contributed by atoms with Gasteiger partial charge in [-0.05, 0) is 6.08 Å². The molecule has 0 radical (unpaired) electrons. The van der Waals surface area contributed by atoms with Crippen molar-refractivity contribution in [3.63, 3.8) is 0 Å². The summed E-state index contributed by atoms with van der Waals surface area (Å²) in [6, 6.07) is 0. The van der Waals surface area contributed by atoms with Gasteiger partial charge < -0.3 is 0 Å². The van der Waals surface area contributed by atoms with E-state index in [4.69, 9.17) is 0 Å². The van der Waals surface area contributed by atoms with Crippen molar-refractivity contribution in [3.05, 3.63) is 22.9 Å². The third-order valence-corrected chi connectivity index (χ3v) is 3.61. The first-order valence-electron chi connectivity index (χ1n) is 4.65. The maximum atomic E-state index is 11.5. The molecule has 5 nitrogen and oxygen atoms in total. The van der Waals surface area contributed by atoms with Crippen molar-refractivity contribution < 1.29 is 14.8 Å². The number of likely N-dealkylation sites (tertiary alicyclic amines) is 1. The van der Waals surface area contributed by atoms with Crippen molar-refractivity contribution >= 4 is 37.1 Å². The quantitative estimate of drug-likeness (QED) is 0.480. The summed E-state index contributed by atoms with van der Waals surface area (Å²) in [4.78, 5) is 24.5. The van der Waals surface area contributed by atoms with Crippen molar-refractivity contribution in [2.75, 3.05) is 0 Å². The number of amides is 2. The monoisotopic (exact) mass is 258 g/mol. The molecule has 7 heteroatoms. The molecule has 0 saturated carbocycles. The molecule has 2 heterocycles. The largest absolute Gasteiger partial charge is 0.288 e. The first-order valence-corrected chi connectivity index (χ1v) is 5.61. The molecule has 0 aliphatic carbocycles. The molecule has 0 aromatic carbocycles.